The molecule has 1 aromatic carbocycles. The molecule has 0 heterocycles. The zero-order chi connectivity index (χ0) is 11.6. The fraction of sp³-hybridized carbons (Fsp3) is 0.500. The second-order valence-corrected chi connectivity index (χ2v) is 5.20. The lowest BCUT2D eigenvalue weighted by Gasteiger charge is -2.18. The maximum atomic E-state index is 13.7. The Kier molecular flexibility index (Phi) is 3.90. The molecule has 0 aliphatic rings. The van der Waals surface area contributed by atoms with Crippen LogP contribution >= 0.6 is 15.9 Å². The molecular formula is C12H17BrFN. The Morgan fingerprint density at radius 1 is 1.47 bits per heavy atom. The van der Waals surface area contributed by atoms with E-state index < -0.39 is 5.67 Å². The molecule has 84 valence electrons. The number of hydrogen-bond acceptors (Lipinski definition) is 1. The van der Waals surface area contributed by atoms with E-state index in [-0.39, 0.29) is 0 Å². The van der Waals surface area contributed by atoms with Gasteiger partial charge in [-0.25, -0.2) is 4.39 Å². The van der Waals surface area contributed by atoms with Crippen molar-refractivity contribution in [3.8, 4) is 0 Å². The lowest BCUT2D eigenvalue weighted by atomic mass is 9.95. The first kappa shape index (κ1) is 12.7. The molecule has 0 aliphatic carbocycles. The first-order chi connectivity index (χ1) is 6.86. The summed E-state index contributed by atoms with van der Waals surface area (Å²) in [5, 5.41) is 0. The van der Waals surface area contributed by atoms with Gasteiger partial charge in [0.05, 0.1) is 0 Å². The molecule has 0 amide bonds. The number of alkyl halides is 1. The first-order valence-corrected chi connectivity index (χ1v) is 5.84. The molecule has 1 rings (SSSR count). The van der Waals surface area contributed by atoms with Gasteiger partial charge in [0.15, 0.2) is 0 Å². The van der Waals surface area contributed by atoms with Crippen LogP contribution in [0.25, 0.3) is 0 Å². The van der Waals surface area contributed by atoms with Crippen LogP contribution in [0.15, 0.2) is 22.7 Å². The van der Waals surface area contributed by atoms with Gasteiger partial charge in [-0.2, -0.15) is 0 Å². The third kappa shape index (κ3) is 3.02. The average Bonchev–Trinajstić information content (AvgIpc) is 2.14. The number of nitrogens with two attached hydrogens (primary N) is 1. The molecule has 1 aromatic rings. The maximum absolute atomic E-state index is 13.7. The summed E-state index contributed by atoms with van der Waals surface area (Å²) in [5.74, 6) is 0.304. The highest BCUT2D eigenvalue weighted by Gasteiger charge is 2.22. The van der Waals surface area contributed by atoms with Crippen LogP contribution in [0.4, 0.5) is 4.39 Å². The fourth-order valence-corrected chi connectivity index (χ4v) is 2.32. The second kappa shape index (κ2) is 4.62. The van der Waals surface area contributed by atoms with Crippen molar-refractivity contribution in [2.24, 2.45) is 5.73 Å². The van der Waals surface area contributed by atoms with E-state index in [0.717, 1.165) is 10.0 Å². The minimum atomic E-state index is -1.32. The van der Waals surface area contributed by atoms with Gasteiger partial charge >= 0.3 is 0 Å². The van der Waals surface area contributed by atoms with Crippen molar-refractivity contribution in [2.45, 2.75) is 32.4 Å². The molecule has 15 heavy (non-hydrogen) atoms. The Labute approximate surface area is 99.0 Å². The van der Waals surface area contributed by atoms with Crippen molar-refractivity contribution in [3.63, 3.8) is 0 Å². The van der Waals surface area contributed by atoms with Crippen molar-refractivity contribution in [2.75, 3.05) is 6.54 Å². The highest BCUT2D eigenvalue weighted by atomic mass is 79.9. The topological polar surface area (TPSA) is 26.0 Å². The summed E-state index contributed by atoms with van der Waals surface area (Å²) in [4.78, 5) is 0. The Morgan fingerprint density at radius 3 is 2.47 bits per heavy atom. The van der Waals surface area contributed by atoms with Gasteiger partial charge < -0.3 is 5.73 Å². The van der Waals surface area contributed by atoms with Crippen LogP contribution in [0.1, 0.15) is 37.8 Å². The molecule has 0 bridgehead atoms. The second-order valence-electron chi connectivity index (χ2n) is 4.35. The molecule has 1 unspecified atom stereocenters. The van der Waals surface area contributed by atoms with Crippen LogP contribution in [0.2, 0.25) is 0 Å². The number of hydrogen-bond donors (Lipinski definition) is 1. The summed E-state index contributed by atoms with van der Waals surface area (Å²) in [6, 6.07) is 5.72. The van der Waals surface area contributed by atoms with Crippen molar-refractivity contribution < 1.29 is 4.39 Å². The normalized spacial score (nSPS) is 14.0. The zero-order valence-corrected chi connectivity index (χ0v) is 10.9. The highest BCUT2D eigenvalue weighted by Crippen LogP contribution is 2.33. The summed E-state index contributed by atoms with van der Waals surface area (Å²) in [6.07, 6.45) is 0. The monoisotopic (exact) mass is 273 g/mol. The first-order valence-electron chi connectivity index (χ1n) is 5.05. The van der Waals surface area contributed by atoms with Crippen molar-refractivity contribution >= 4 is 15.9 Å². The van der Waals surface area contributed by atoms with Crippen molar-refractivity contribution in [1.29, 1.82) is 0 Å². The summed E-state index contributed by atoms with van der Waals surface area (Å²) < 4.78 is 14.6. The summed E-state index contributed by atoms with van der Waals surface area (Å²) >= 11 is 3.40. The quantitative estimate of drug-likeness (QED) is 0.893. The Morgan fingerprint density at radius 2 is 2.07 bits per heavy atom. The smallest absolute Gasteiger partial charge is 0.131 e. The molecular weight excluding hydrogens is 257 g/mol. The van der Waals surface area contributed by atoms with Gasteiger partial charge in [-0.15, -0.1) is 0 Å². The Hall–Kier alpha value is -0.410. The molecule has 1 nitrogen and oxygen atoms in total. The predicted octanol–water partition coefficient (Wildman–Crippen LogP) is 3.72. The predicted molar refractivity (Wildman–Crippen MR) is 65.7 cm³/mol. The van der Waals surface area contributed by atoms with E-state index in [1.807, 2.05) is 18.2 Å². The van der Waals surface area contributed by atoms with Crippen LogP contribution in [0.3, 0.4) is 0 Å². The molecule has 0 saturated heterocycles. The van der Waals surface area contributed by atoms with E-state index in [2.05, 4.69) is 22.9 Å². The minimum absolute atomic E-state index is 0.304. The van der Waals surface area contributed by atoms with Gasteiger partial charge in [0.2, 0.25) is 0 Å². The highest BCUT2D eigenvalue weighted by molar-refractivity contribution is 9.10. The lowest BCUT2D eigenvalue weighted by Crippen LogP contribution is -2.12. The van der Waals surface area contributed by atoms with Crippen LogP contribution in [-0.2, 0) is 5.67 Å². The molecule has 0 radical (unpaired) electrons. The summed E-state index contributed by atoms with van der Waals surface area (Å²) in [7, 11) is 0. The minimum Gasteiger partial charge on any atom is -0.330 e. The van der Waals surface area contributed by atoms with E-state index >= 15 is 0 Å². The van der Waals surface area contributed by atoms with E-state index in [9.17, 15) is 4.39 Å². The van der Waals surface area contributed by atoms with Gasteiger partial charge in [0.1, 0.15) is 5.67 Å². The molecule has 2 N–H and O–H groups in total. The van der Waals surface area contributed by atoms with Gasteiger partial charge in [0.25, 0.3) is 0 Å². The molecule has 0 fully saturated rings. The maximum Gasteiger partial charge on any atom is 0.131 e. The summed E-state index contributed by atoms with van der Waals surface area (Å²) in [6.45, 7) is 5.77. The molecule has 0 aliphatic heterocycles. The van der Waals surface area contributed by atoms with E-state index in [4.69, 9.17) is 5.73 Å². The van der Waals surface area contributed by atoms with E-state index in [0.29, 0.717) is 18.0 Å². The Bertz CT molecular complexity index is 344. The van der Waals surface area contributed by atoms with Gasteiger partial charge in [0, 0.05) is 10.0 Å². The van der Waals surface area contributed by atoms with Gasteiger partial charge in [-0.1, -0.05) is 35.0 Å². The zero-order valence-electron chi connectivity index (χ0n) is 9.35. The molecule has 0 spiro atoms. The summed E-state index contributed by atoms with van der Waals surface area (Å²) in [5.41, 5.74) is 6.09. The van der Waals surface area contributed by atoms with Crippen LogP contribution in [-0.4, -0.2) is 6.54 Å². The fourth-order valence-electron chi connectivity index (χ4n) is 1.46. The number of halogens is 2. The van der Waals surface area contributed by atoms with Gasteiger partial charge in [-0.3, -0.25) is 0 Å². The molecule has 0 aromatic heterocycles. The van der Waals surface area contributed by atoms with Gasteiger partial charge in [-0.05, 0) is 37.9 Å². The van der Waals surface area contributed by atoms with E-state index in [1.54, 1.807) is 13.8 Å². The molecule has 1 atom stereocenters. The average molecular weight is 274 g/mol. The van der Waals surface area contributed by atoms with Crippen molar-refractivity contribution in [1.82, 2.24) is 0 Å². The lowest BCUT2D eigenvalue weighted by molar-refractivity contribution is 0.220. The van der Waals surface area contributed by atoms with Crippen LogP contribution < -0.4 is 5.73 Å². The number of rotatable bonds is 3. The van der Waals surface area contributed by atoms with Crippen LogP contribution in [0, 0.1) is 0 Å². The SMILES string of the molecule is CC(CN)c1ccc(C(C)(C)F)c(Br)c1. The third-order valence-electron chi connectivity index (χ3n) is 2.56. The third-order valence-corrected chi connectivity index (χ3v) is 3.21. The number of benzene rings is 1. The molecule has 0 saturated carbocycles. The Balaban J connectivity index is 3.09. The van der Waals surface area contributed by atoms with Crippen molar-refractivity contribution in [3.05, 3.63) is 33.8 Å². The molecule has 3 heteroatoms. The van der Waals surface area contributed by atoms with E-state index in [1.165, 1.54) is 0 Å². The largest absolute Gasteiger partial charge is 0.330 e. The van der Waals surface area contributed by atoms with Crippen LogP contribution in [0.5, 0.6) is 0 Å². The standard InChI is InChI=1S/C12H17BrFN/c1-8(7-15)9-4-5-10(11(13)6-9)12(2,3)14/h4-6,8H,7,15H2,1-3H3.